The largest absolute Gasteiger partial charge is 0.504 e. The van der Waals surface area contributed by atoms with Gasteiger partial charge in [0, 0.05) is 5.39 Å². The van der Waals surface area contributed by atoms with E-state index >= 15 is 0 Å². The molecule has 0 aromatic heterocycles. The highest BCUT2D eigenvalue weighted by Gasteiger charge is 2.03. The van der Waals surface area contributed by atoms with Gasteiger partial charge in [0.05, 0.1) is 0 Å². The van der Waals surface area contributed by atoms with E-state index in [1.54, 1.807) is 12.1 Å². The zero-order valence-electron chi connectivity index (χ0n) is 7.28. The first kappa shape index (κ1) is 7.92. The highest BCUT2D eigenvalue weighted by atomic mass is 16.3. The molecule has 0 aliphatic carbocycles. The average molecular weight is 174 g/mol. The van der Waals surface area contributed by atoms with Crippen LogP contribution in [-0.4, -0.2) is 10.2 Å². The lowest BCUT2D eigenvalue weighted by Crippen LogP contribution is -1.77. The molecule has 0 fully saturated rings. The Hall–Kier alpha value is -1.70. The number of hydrogen-bond acceptors (Lipinski definition) is 2. The van der Waals surface area contributed by atoms with Gasteiger partial charge in [-0.15, -0.1) is 0 Å². The summed E-state index contributed by atoms with van der Waals surface area (Å²) in [4.78, 5) is 0. The molecular formula is C11H10O2. The van der Waals surface area contributed by atoms with Crippen molar-refractivity contribution < 1.29 is 10.2 Å². The fourth-order valence-corrected chi connectivity index (χ4v) is 1.42. The van der Waals surface area contributed by atoms with Crippen LogP contribution in [0.5, 0.6) is 11.5 Å². The van der Waals surface area contributed by atoms with Crippen LogP contribution in [0.15, 0.2) is 30.3 Å². The van der Waals surface area contributed by atoms with Gasteiger partial charge in [0.15, 0.2) is 11.5 Å². The van der Waals surface area contributed by atoms with E-state index in [2.05, 4.69) is 0 Å². The van der Waals surface area contributed by atoms with Crippen molar-refractivity contribution in [3.8, 4) is 11.5 Å². The Morgan fingerprint density at radius 3 is 2.54 bits per heavy atom. The van der Waals surface area contributed by atoms with Crippen LogP contribution >= 0.6 is 0 Å². The lowest BCUT2D eigenvalue weighted by atomic mass is 10.1. The monoisotopic (exact) mass is 174 g/mol. The summed E-state index contributed by atoms with van der Waals surface area (Å²) in [5, 5.41) is 20.4. The van der Waals surface area contributed by atoms with Gasteiger partial charge in [-0.3, -0.25) is 0 Å². The first-order valence-electron chi connectivity index (χ1n) is 4.10. The minimum Gasteiger partial charge on any atom is -0.504 e. The van der Waals surface area contributed by atoms with Crippen LogP contribution in [0, 0.1) is 6.92 Å². The predicted octanol–water partition coefficient (Wildman–Crippen LogP) is 2.56. The van der Waals surface area contributed by atoms with E-state index in [1.165, 1.54) is 6.07 Å². The summed E-state index contributed by atoms with van der Waals surface area (Å²) in [5.74, 6) is -0.117. The van der Waals surface area contributed by atoms with Crippen molar-refractivity contribution in [3.05, 3.63) is 35.9 Å². The van der Waals surface area contributed by atoms with Crippen LogP contribution in [-0.2, 0) is 0 Å². The van der Waals surface area contributed by atoms with Crippen molar-refractivity contribution in [1.82, 2.24) is 0 Å². The third-order valence-electron chi connectivity index (χ3n) is 2.13. The highest BCUT2D eigenvalue weighted by molar-refractivity contribution is 5.90. The van der Waals surface area contributed by atoms with E-state index in [-0.39, 0.29) is 11.5 Å². The van der Waals surface area contributed by atoms with Gasteiger partial charge in [-0.05, 0) is 18.4 Å². The third kappa shape index (κ3) is 1.20. The molecule has 0 saturated carbocycles. The molecule has 2 aromatic carbocycles. The Kier molecular flexibility index (Phi) is 1.62. The van der Waals surface area contributed by atoms with Crippen LogP contribution in [0.2, 0.25) is 0 Å². The molecule has 0 saturated heterocycles. The molecule has 0 radical (unpaired) electrons. The molecule has 0 aliphatic rings. The van der Waals surface area contributed by atoms with Gasteiger partial charge in [-0.2, -0.15) is 0 Å². The summed E-state index contributed by atoms with van der Waals surface area (Å²) in [6, 6.07) is 8.96. The molecule has 0 spiro atoms. The van der Waals surface area contributed by atoms with Crippen molar-refractivity contribution in [2.24, 2.45) is 0 Å². The summed E-state index contributed by atoms with van der Waals surface area (Å²) in [6.07, 6.45) is 0. The van der Waals surface area contributed by atoms with Gasteiger partial charge in [-0.25, -0.2) is 0 Å². The molecule has 0 unspecified atom stereocenters. The van der Waals surface area contributed by atoms with Gasteiger partial charge >= 0.3 is 0 Å². The van der Waals surface area contributed by atoms with Gasteiger partial charge in [0.2, 0.25) is 0 Å². The van der Waals surface area contributed by atoms with E-state index in [0.29, 0.717) is 5.39 Å². The quantitative estimate of drug-likeness (QED) is 0.602. The standard InChI is InChI=1S/C11H10O2/c1-7-2-4-9-8(6-7)3-5-10(12)11(9)13/h2-6,12-13H,1H3. The predicted molar refractivity (Wildman–Crippen MR) is 52.0 cm³/mol. The third-order valence-corrected chi connectivity index (χ3v) is 2.13. The second-order valence-corrected chi connectivity index (χ2v) is 3.16. The SMILES string of the molecule is Cc1ccc2c(O)c(O)ccc2c1. The second kappa shape index (κ2) is 2.66. The van der Waals surface area contributed by atoms with Crippen molar-refractivity contribution in [1.29, 1.82) is 0 Å². The fraction of sp³-hybridized carbons (Fsp3) is 0.0909. The fourth-order valence-electron chi connectivity index (χ4n) is 1.42. The summed E-state index contributed by atoms with van der Waals surface area (Å²) >= 11 is 0. The van der Waals surface area contributed by atoms with Gasteiger partial charge in [-0.1, -0.05) is 29.8 Å². The maximum atomic E-state index is 9.50. The number of aromatic hydroxyl groups is 2. The average Bonchev–Trinajstić information content (AvgIpc) is 2.12. The molecule has 2 heteroatoms. The smallest absolute Gasteiger partial charge is 0.165 e. The Labute approximate surface area is 76.1 Å². The summed E-state index contributed by atoms with van der Waals surface area (Å²) in [5.41, 5.74) is 1.14. The maximum absolute atomic E-state index is 9.50. The van der Waals surface area contributed by atoms with E-state index in [1.807, 2.05) is 19.1 Å². The van der Waals surface area contributed by atoms with Gasteiger partial charge < -0.3 is 10.2 Å². The molecule has 66 valence electrons. The van der Waals surface area contributed by atoms with E-state index in [9.17, 15) is 10.2 Å². The Morgan fingerprint density at radius 2 is 1.77 bits per heavy atom. The number of rotatable bonds is 0. The summed E-state index contributed by atoms with van der Waals surface area (Å²) in [6.45, 7) is 1.99. The van der Waals surface area contributed by atoms with Crippen LogP contribution in [0.25, 0.3) is 10.8 Å². The molecular weight excluding hydrogens is 164 g/mol. The second-order valence-electron chi connectivity index (χ2n) is 3.16. The molecule has 2 aromatic rings. The summed E-state index contributed by atoms with van der Waals surface area (Å²) < 4.78 is 0. The van der Waals surface area contributed by atoms with Gasteiger partial charge in [0.1, 0.15) is 0 Å². The Balaban J connectivity index is 2.87. The molecule has 0 bridgehead atoms. The van der Waals surface area contributed by atoms with Crippen LogP contribution in [0.1, 0.15) is 5.56 Å². The molecule has 2 nitrogen and oxygen atoms in total. The first-order chi connectivity index (χ1) is 6.18. The topological polar surface area (TPSA) is 40.5 Å². The van der Waals surface area contributed by atoms with Crippen molar-refractivity contribution in [2.75, 3.05) is 0 Å². The number of aryl methyl sites for hydroxylation is 1. The van der Waals surface area contributed by atoms with E-state index in [4.69, 9.17) is 0 Å². The number of benzene rings is 2. The van der Waals surface area contributed by atoms with Crippen molar-refractivity contribution in [2.45, 2.75) is 6.92 Å². The zero-order chi connectivity index (χ0) is 9.42. The Morgan fingerprint density at radius 1 is 1.00 bits per heavy atom. The lowest BCUT2D eigenvalue weighted by Gasteiger charge is -2.03. The first-order valence-corrected chi connectivity index (χ1v) is 4.10. The van der Waals surface area contributed by atoms with Crippen molar-refractivity contribution >= 4 is 10.8 Å². The summed E-state index contributed by atoms with van der Waals surface area (Å²) in [7, 11) is 0. The highest BCUT2D eigenvalue weighted by Crippen LogP contribution is 2.33. The molecule has 0 heterocycles. The van der Waals surface area contributed by atoms with Crippen molar-refractivity contribution in [3.63, 3.8) is 0 Å². The molecule has 0 amide bonds. The number of phenols is 2. The lowest BCUT2D eigenvalue weighted by molar-refractivity contribution is 0.408. The minimum atomic E-state index is -0.0728. The van der Waals surface area contributed by atoms with Gasteiger partial charge in [0.25, 0.3) is 0 Å². The van der Waals surface area contributed by atoms with Crippen LogP contribution in [0.3, 0.4) is 0 Å². The molecule has 0 atom stereocenters. The molecule has 0 aliphatic heterocycles. The van der Waals surface area contributed by atoms with Crippen LogP contribution < -0.4 is 0 Å². The van der Waals surface area contributed by atoms with E-state index < -0.39 is 0 Å². The number of fused-ring (bicyclic) bond motifs is 1. The van der Waals surface area contributed by atoms with E-state index in [0.717, 1.165) is 10.9 Å². The number of phenolic OH excluding ortho intramolecular Hbond substituents is 2. The normalized spacial score (nSPS) is 10.5. The maximum Gasteiger partial charge on any atom is 0.165 e. The molecule has 2 rings (SSSR count). The molecule has 13 heavy (non-hydrogen) atoms. The molecule has 2 N–H and O–H groups in total. The Bertz CT molecular complexity index is 461. The van der Waals surface area contributed by atoms with Crippen LogP contribution in [0.4, 0.5) is 0 Å². The number of hydrogen-bond donors (Lipinski definition) is 2. The minimum absolute atomic E-state index is 0.0440. The zero-order valence-corrected chi connectivity index (χ0v) is 7.28.